The van der Waals surface area contributed by atoms with Crippen molar-refractivity contribution in [1.29, 1.82) is 0 Å². The van der Waals surface area contributed by atoms with E-state index in [1.165, 1.54) is 5.56 Å². The summed E-state index contributed by atoms with van der Waals surface area (Å²) in [5.74, 6) is 0.985. The highest BCUT2D eigenvalue weighted by Gasteiger charge is 2.31. The van der Waals surface area contributed by atoms with Crippen molar-refractivity contribution >= 4 is 0 Å². The van der Waals surface area contributed by atoms with Crippen LogP contribution in [0.5, 0.6) is 0 Å². The minimum Gasteiger partial charge on any atom is -0.369 e. The Hall–Kier alpha value is -2.44. The Bertz CT molecular complexity index is 778. The second-order valence-electron chi connectivity index (χ2n) is 6.08. The van der Waals surface area contributed by atoms with Gasteiger partial charge >= 0.3 is 0 Å². The van der Waals surface area contributed by atoms with E-state index in [2.05, 4.69) is 39.7 Å². The minimum atomic E-state index is 0.0216. The average Bonchev–Trinajstić information content (AvgIpc) is 3.35. The lowest BCUT2D eigenvalue weighted by molar-refractivity contribution is 0.0893. The molecule has 0 saturated carbocycles. The molecule has 1 saturated heterocycles. The van der Waals surface area contributed by atoms with E-state index >= 15 is 0 Å². The fourth-order valence-electron chi connectivity index (χ4n) is 3.14. The SMILES string of the molecule is Cn1ccnc1[C@H]1OCC[C@@H]1NCc1ccc(-n2cccn2)cc1. The van der Waals surface area contributed by atoms with Gasteiger partial charge in [0.15, 0.2) is 0 Å². The highest BCUT2D eigenvalue weighted by Crippen LogP contribution is 2.28. The van der Waals surface area contributed by atoms with Gasteiger partial charge in [0.25, 0.3) is 0 Å². The monoisotopic (exact) mass is 323 g/mol. The number of rotatable bonds is 5. The molecular formula is C18H21N5O. The summed E-state index contributed by atoms with van der Waals surface area (Å²) in [6.07, 6.45) is 8.54. The number of ether oxygens (including phenoxy) is 1. The topological polar surface area (TPSA) is 56.9 Å². The molecule has 1 aliphatic heterocycles. The van der Waals surface area contributed by atoms with E-state index in [4.69, 9.17) is 4.74 Å². The van der Waals surface area contributed by atoms with Gasteiger partial charge in [0.1, 0.15) is 11.9 Å². The molecule has 2 atom stereocenters. The van der Waals surface area contributed by atoms with Crippen molar-refractivity contribution in [1.82, 2.24) is 24.6 Å². The molecule has 4 rings (SSSR count). The van der Waals surface area contributed by atoms with Crippen molar-refractivity contribution in [2.45, 2.75) is 25.1 Å². The molecule has 1 aromatic carbocycles. The number of imidazole rings is 1. The van der Waals surface area contributed by atoms with Crippen LogP contribution < -0.4 is 5.32 Å². The molecule has 0 spiro atoms. The summed E-state index contributed by atoms with van der Waals surface area (Å²) in [4.78, 5) is 4.43. The first kappa shape index (κ1) is 15.1. The summed E-state index contributed by atoms with van der Waals surface area (Å²) in [7, 11) is 2.01. The molecule has 3 heterocycles. The third-order valence-corrected chi connectivity index (χ3v) is 4.48. The summed E-state index contributed by atoms with van der Waals surface area (Å²) in [5, 5.41) is 7.86. The maximum Gasteiger partial charge on any atom is 0.139 e. The third-order valence-electron chi connectivity index (χ3n) is 4.48. The molecule has 6 nitrogen and oxygen atoms in total. The molecule has 0 radical (unpaired) electrons. The summed E-state index contributed by atoms with van der Waals surface area (Å²) < 4.78 is 9.78. The zero-order valence-electron chi connectivity index (χ0n) is 13.7. The number of hydrogen-bond donors (Lipinski definition) is 1. The number of nitrogens with zero attached hydrogens (tertiary/aromatic N) is 4. The van der Waals surface area contributed by atoms with Gasteiger partial charge in [-0.2, -0.15) is 5.10 Å². The van der Waals surface area contributed by atoms with Crippen molar-refractivity contribution in [2.24, 2.45) is 7.05 Å². The van der Waals surface area contributed by atoms with Gasteiger partial charge < -0.3 is 14.6 Å². The lowest BCUT2D eigenvalue weighted by Crippen LogP contribution is -2.32. The van der Waals surface area contributed by atoms with E-state index in [1.54, 1.807) is 6.20 Å². The van der Waals surface area contributed by atoms with E-state index in [9.17, 15) is 0 Å². The largest absolute Gasteiger partial charge is 0.369 e. The Balaban J connectivity index is 1.40. The first-order valence-corrected chi connectivity index (χ1v) is 8.22. The van der Waals surface area contributed by atoms with Gasteiger partial charge in [-0.25, -0.2) is 9.67 Å². The summed E-state index contributed by atoms with van der Waals surface area (Å²) in [5.41, 5.74) is 2.32. The molecule has 0 amide bonds. The number of aryl methyl sites for hydroxylation is 1. The van der Waals surface area contributed by atoms with Crippen LogP contribution >= 0.6 is 0 Å². The van der Waals surface area contributed by atoms with Crippen LogP contribution in [0.15, 0.2) is 55.1 Å². The van der Waals surface area contributed by atoms with Crippen LogP contribution in [0.25, 0.3) is 5.69 Å². The zero-order valence-corrected chi connectivity index (χ0v) is 13.7. The standard InChI is InChI=1S/C18H21N5O/c1-22-11-9-19-18(22)17-16(7-12-24-17)20-13-14-3-5-15(6-4-14)23-10-2-8-21-23/h2-6,8-11,16-17,20H,7,12-13H2,1H3/t16-,17-/m0/s1. The predicted octanol–water partition coefficient (Wildman–Crippen LogP) is 2.23. The van der Waals surface area contributed by atoms with Gasteiger partial charge in [-0.15, -0.1) is 0 Å². The number of aromatic nitrogens is 4. The van der Waals surface area contributed by atoms with Gasteiger partial charge in [0.2, 0.25) is 0 Å². The van der Waals surface area contributed by atoms with E-state index in [0.29, 0.717) is 0 Å². The molecule has 24 heavy (non-hydrogen) atoms. The van der Waals surface area contributed by atoms with Crippen LogP contribution in [0.1, 0.15) is 23.9 Å². The van der Waals surface area contributed by atoms with Crippen LogP contribution in [0.4, 0.5) is 0 Å². The van der Waals surface area contributed by atoms with Gasteiger partial charge in [0.05, 0.1) is 5.69 Å². The molecule has 2 aromatic heterocycles. The molecule has 0 unspecified atom stereocenters. The van der Waals surface area contributed by atoms with E-state index in [0.717, 1.165) is 31.1 Å². The fourth-order valence-corrected chi connectivity index (χ4v) is 3.14. The molecule has 124 valence electrons. The quantitative estimate of drug-likeness (QED) is 0.782. The number of nitrogens with one attached hydrogen (secondary N) is 1. The van der Waals surface area contributed by atoms with Crippen molar-refractivity contribution in [3.05, 3.63) is 66.5 Å². The lowest BCUT2D eigenvalue weighted by Gasteiger charge is -2.19. The first-order chi connectivity index (χ1) is 11.8. The molecule has 0 aliphatic carbocycles. The van der Waals surface area contributed by atoms with E-state index in [-0.39, 0.29) is 12.1 Å². The maximum atomic E-state index is 5.89. The second kappa shape index (κ2) is 6.59. The van der Waals surface area contributed by atoms with Crippen molar-refractivity contribution < 1.29 is 4.74 Å². The fraction of sp³-hybridized carbons (Fsp3) is 0.333. The second-order valence-corrected chi connectivity index (χ2v) is 6.08. The minimum absolute atomic E-state index is 0.0216. The number of hydrogen-bond acceptors (Lipinski definition) is 4. The summed E-state index contributed by atoms with van der Waals surface area (Å²) >= 11 is 0. The highest BCUT2D eigenvalue weighted by atomic mass is 16.5. The molecule has 1 aliphatic rings. The van der Waals surface area contributed by atoms with Gasteiger partial charge in [0, 0.05) is 51.0 Å². The zero-order chi connectivity index (χ0) is 16.4. The smallest absolute Gasteiger partial charge is 0.139 e. The Labute approximate surface area is 141 Å². The van der Waals surface area contributed by atoms with Crippen LogP contribution in [-0.2, 0) is 18.3 Å². The van der Waals surface area contributed by atoms with Crippen molar-refractivity contribution in [3.63, 3.8) is 0 Å². The highest BCUT2D eigenvalue weighted by molar-refractivity contribution is 5.33. The van der Waals surface area contributed by atoms with Gasteiger partial charge in [-0.05, 0) is 30.2 Å². The molecule has 3 aromatic rings. The lowest BCUT2D eigenvalue weighted by atomic mass is 10.1. The Morgan fingerprint density at radius 3 is 2.79 bits per heavy atom. The van der Waals surface area contributed by atoms with Crippen LogP contribution in [0.3, 0.4) is 0 Å². The van der Waals surface area contributed by atoms with Gasteiger partial charge in [-0.3, -0.25) is 0 Å². The summed E-state index contributed by atoms with van der Waals surface area (Å²) in [6.45, 7) is 1.59. The first-order valence-electron chi connectivity index (χ1n) is 8.22. The molecule has 1 N–H and O–H groups in total. The predicted molar refractivity (Wildman–Crippen MR) is 90.7 cm³/mol. The van der Waals surface area contributed by atoms with Crippen LogP contribution in [0.2, 0.25) is 0 Å². The van der Waals surface area contributed by atoms with Crippen molar-refractivity contribution in [2.75, 3.05) is 6.61 Å². The number of benzene rings is 1. The van der Waals surface area contributed by atoms with Crippen LogP contribution in [0, 0.1) is 0 Å². The van der Waals surface area contributed by atoms with Gasteiger partial charge in [-0.1, -0.05) is 12.1 Å². The van der Waals surface area contributed by atoms with Crippen LogP contribution in [-0.4, -0.2) is 32.0 Å². The molecular weight excluding hydrogens is 302 g/mol. The van der Waals surface area contributed by atoms with Crippen molar-refractivity contribution in [3.8, 4) is 5.69 Å². The van der Waals surface area contributed by atoms with E-state index in [1.807, 2.05) is 41.0 Å². The Morgan fingerprint density at radius 1 is 1.21 bits per heavy atom. The molecule has 0 bridgehead atoms. The normalized spacial score (nSPS) is 20.5. The third kappa shape index (κ3) is 2.98. The average molecular weight is 323 g/mol. The molecule has 1 fully saturated rings. The summed E-state index contributed by atoms with van der Waals surface area (Å²) in [6, 6.07) is 10.7. The Kier molecular flexibility index (Phi) is 4.15. The maximum absolute atomic E-state index is 5.89. The Morgan fingerprint density at radius 2 is 2.08 bits per heavy atom. The molecule has 6 heteroatoms. The van der Waals surface area contributed by atoms with E-state index < -0.39 is 0 Å².